The summed E-state index contributed by atoms with van der Waals surface area (Å²) in [5.74, 6) is -0.0474. The molecule has 0 aliphatic heterocycles. The first-order valence-corrected chi connectivity index (χ1v) is 4.09. The van der Waals surface area contributed by atoms with Crippen LogP contribution in [0.1, 0.15) is 0 Å². The first kappa shape index (κ1) is 8.68. The van der Waals surface area contributed by atoms with Gasteiger partial charge in [0.1, 0.15) is 5.82 Å². The number of pyridine rings is 1. The molecule has 2 heterocycles. The van der Waals surface area contributed by atoms with Crippen molar-refractivity contribution >= 4 is 5.82 Å². The number of hydrogen-bond acceptors (Lipinski definition) is 3. The minimum atomic E-state index is -0.536. The highest BCUT2D eigenvalue weighted by molar-refractivity contribution is 5.61. The van der Waals surface area contributed by atoms with Crippen molar-refractivity contribution in [2.45, 2.75) is 0 Å². The van der Waals surface area contributed by atoms with Crippen LogP contribution in [0, 0.1) is 5.95 Å². The Balaban J connectivity index is 2.55. The summed E-state index contributed by atoms with van der Waals surface area (Å²) in [5.41, 5.74) is 6.44. The topological polar surface area (TPSA) is 56.7 Å². The highest BCUT2D eigenvalue weighted by atomic mass is 19.1. The molecule has 0 amide bonds. The Morgan fingerprint density at radius 1 is 1.50 bits per heavy atom. The molecule has 0 saturated heterocycles. The number of aryl methyl sites for hydroxylation is 1. The number of anilines is 1. The molecule has 2 aromatic heterocycles. The summed E-state index contributed by atoms with van der Waals surface area (Å²) in [4.78, 5) is 3.54. The van der Waals surface area contributed by atoms with Crippen molar-refractivity contribution in [2.24, 2.45) is 7.05 Å². The number of nitrogens with zero attached hydrogens (tertiary/aromatic N) is 3. The summed E-state index contributed by atoms with van der Waals surface area (Å²) >= 11 is 0. The number of nitrogens with two attached hydrogens (primary N) is 1. The summed E-state index contributed by atoms with van der Waals surface area (Å²) < 4.78 is 14.7. The lowest BCUT2D eigenvalue weighted by atomic mass is 10.2. The fraction of sp³-hybridized carbons (Fsp3) is 0.111. The van der Waals surface area contributed by atoms with Gasteiger partial charge in [0.05, 0.1) is 11.3 Å². The van der Waals surface area contributed by atoms with Gasteiger partial charge in [-0.25, -0.2) is 4.98 Å². The first-order valence-electron chi connectivity index (χ1n) is 4.09. The smallest absolute Gasteiger partial charge is 0.222 e. The predicted octanol–water partition coefficient (Wildman–Crippen LogP) is 1.20. The zero-order chi connectivity index (χ0) is 10.1. The molecule has 0 radical (unpaired) electrons. The second-order valence-corrected chi connectivity index (χ2v) is 2.92. The van der Waals surface area contributed by atoms with Crippen LogP contribution in [0.5, 0.6) is 0 Å². The van der Waals surface area contributed by atoms with Crippen LogP contribution in [-0.2, 0) is 7.05 Å². The molecule has 0 unspecified atom stereocenters. The molecule has 0 bridgehead atoms. The van der Waals surface area contributed by atoms with Crippen LogP contribution in [-0.4, -0.2) is 14.8 Å². The standard InChI is InChI=1S/C9H9FN4/c1-14-8(11)5-7(13-14)6-3-2-4-12-9(6)10/h2-5H,11H2,1H3. The number of nitrogen functional groups attached to an aromatic ring is 1. The molecule has 72 valence electrons. The monoisotopic (exact) mass is 192 g/mol. The van der Waals surface area contributed by atoms with E-state index in [0.717, 1.165) is 0 Å². The first-order chi connectivity index (χ1) is 6.68. The molecule has 0 atom stereocenters. The normalized spacial score (nSPS) is 10.4. The summed E-state index contributed by atoms with van der Waals surface area (Å²) in [6.45, 7) is 0. The fourth-order valence-electron chi connectivity index (χ4n) is 1.19. The van der Waals surface area contributed by atoms with Crippen LogP contribution < -0.4 is 5.73 Å². The van der Waals surface area contributed by atoms with Crippen molar-refractivity contribution in [3.8, 4) is 11.3 Å². The fourth-order valence-corrected chi connectivity index (χ4v) is 1.19. The Bertz CT molecular complexity index is 444. The van der Waals surface area contributed by atoms with Gasteiger partial charge in [-0.05, 0) is 12.1 Å². The molecule has 14 heavy (non-hydrogen) atoms. The van der Waals surface area contributed by atoms with Crippen molar-refractivity contribution in [1.29, 1.82) is 0 Å². The van der Waals surface area contributed by atoms with Gasteiger partial charge < -0.3 is 5.73 Å². The third-order valence-corrected chi connectivity index (χ3v) is 1.95. The van der Waals surface area contributed by atoms with E-state index in [9.17, 15) is 4.39 Å². The molecule has 2 rings (SSSR count). The van der Waals surface area contributed by atoms with E-state index in [1.807, 2.05) is 0 Å². The summed E-state index contributed by atoms with van der Waals surface area (Å²) in [7, 11) is 1.70. The molecule has 0 aliphatic carbocycles. The number of rotatable bonds is 1. The maximum Gasteiger partial charge on any atom is 0.222 e. The third-order valence-electron chi connectivity index (χ3n) is 1.95. The van der Waals surface area contributed by atoms with Crippen LogP contribution in [0.15, 0.2) is 24.4 Å². The second-order valence-electron chi connectivity index (χ2n) is 2.92. The average molecular weight is 192 g/mol. The quantitative estimate of drug-likeness (QED) is 0.691. The van der Waals surface area contributed by atoms with E-state index in [4.69, 9.17) is 5.73 Å². The lowest BCUT2D eigenvalue weighted by molar-refractivity contribution is 0.586. The molecule has 4 nitrogen and oxygen atoms in total. The minimum absolute atomic E-state index is 0.361. The lowest BCUT2D eigenvalue weighted by Crippen LogP contribution is -1.96. The SMILES string of the molecule is Cn1nc(-c2cccnc2F)cc1N. The Morgan fingerprint density at radius 3 is 2.86 bits per heavy atom. The molecule has 0 aliphatic rings. The lowest BCUT2D eigenvalue weighted by Gasteiger charge is -1.95. The van der Waals surface area contributed by atoms with Crippen molar-refractivity contribution in [3.63, 3.8) is 0 Å². The summed E-state index contributed by atoms with van der Waals surface area (Å²) in [6.07, 6.45) is 1.39. The highest BCUT2D eigenvalue weighted by Crippen LogP contribution is 2.20. The average Bonchev–Trinajstić information content (AvgIpc) is 2.48. The molecule has 0 fully saturated rings. The van der Waals surface area contributed by atoms with Crippen molar-refractivity contribution in [1.82, 2.24) is 14.8 Å². The Labute approximate surface area is 80.2 Å². The molecule has 0 aromatic carbocycles. The van der Waals surface area contributed by atoms with E-state index in [2.05, 4.69) is 10.1 Å². The molecular formula is C9H9FN4. The van der Waals surface area contributed by atoms with Crippen molar-refractivity contribution in [3.05, 3.63) is 30.3 Å². The zero-order valence-electron chi connectivity index (χ0n) is 7.61. The van der Waals surface area contributed by atoms with Gasteiger partial charge in [-0.1, -0.05) is 0 Å². The highest BCUT2D eigenvalue weighted by Gasteiger charge is 2.09. The molecule has 5 heteroatoms. The molecular weight excluding hydrogens is 183 g/mol. The van der Waals surface area contributed by atoms with Gasteiger partial charge in [0, 0.05) is 19.3 Å². The third kappa shape index (κ3) is 1.32. The number of aromatic nitrogens is 3. The zero-order valence-corrected chi connectivity index (χ0v) is 7.61. The van der Waals surface area contributed by atoms with Crippen LogP contribution in [0.2, 0.25) is 0 Å². The van der Waals surface area contributed by atoms with Crippen LogP contribution in [0.4, 0.5) is 10.2 Å². The Hall–Kier alpha value is -1.91. The van der Waals surface area contributed by atoms with E-state index < -0.39 is 5.95 Å². The second kappa shape index (κ2) is 3.10. The van der Waals surface area contributed by atoms with E-state index >= 15 is 0 Å². The Kier molecular flexibility index (Phi) is 1.92. The molecule has 2 aromatic rings. The maximum atomic E-state index is 13.2. The van der Waals surface area contributed by atoms with Gasteiger partial charge in [0.25, 0.3) is 0 Å². The maximum absolute atomic E-state index is 13.2. The van der Waals surface area contributed by atoms with Crippen LogP contribution in [0.25, 0.3) is 11.3 Å². The van der Waals surface area contributed by atoms with Gasteiger partial charge in [0.2, 0.25) is 5.95 Å². The summed E-state index contributed by atoms with van der Waals surface area (Å²) in [6, 6.07) is 4.88. The molecule has 2 N–H and O–H groups in total. The number of halogens is 1. The van der Waals surface area contributed by atoms with Gasteiger partial charge in [-0.2, -0.15) is 9.49 Å². The molecule has 0 saturated carbocycles. The van der Waals surface area contributed by atoms with E-state index in [1.165, 1.54) is 10.9 Å². The summed E-state index contributed by atoms with van der Waals surface area (Å²) in [5, 5.41) is 4.05. The van der Waals surface area contributed by atoms with Gasteiger partial charge in [-0.3, -0.25) is 4.68 Å². The van der Waals surface area contributed by atoms with E-state index in [-0.39, 0.29) is 0 Å². The largest absolute Gasteiger partial charge is 0.384 e. The van der Waals surface area contributed by atoms with Crippen molar-refractivity contribution < 1.29 is 4.39 Å². The van der Waals surface area contributed by atoms with Gasteiger partial charge in [0.15, 0.2) is 0 Å². The predicted molar refractivity (Wildman–Crippen MR) is 50.8 cm³/mol. The van der Waals surface area contributed by atoms with E-state index in [1.54, 1.807) is 25.2 Å². The minimum Gasteiger partial charge on any atom is -0.384 e. The van der Waals surface area contributed by atoms with E-state index in [0.29, 0.717) is 17.1 Å². The molecule has 0 spiro atoms. The van der Waals surface area contributed by atoms with Crippen LogP contribution in [0.3, 0.4) is 0 Å². The number of hydrogen-bond donors (Lipinski definition) is 1. The van der Waals surface area contributed by atoms with Crippen molar-refractivity contribution in [2.75, 3.05) is 5.73 Å². The van der Waals surface area contributed by atoms with Crippen LogP contribution >= 0.6 is 0 Å². The Morgan fingerprint density at radius 2 is 2.29 bits per heavy atom. The van der Waals surface area contributed by atoms with Gasteiger partial charge in [-0.15, -0.1) is 0 Å². The van der Waals surface area contributed by atoms with Gasteiger partial charge >= 0.3 is 0 Å².